The Balaban J connectivity index is 2.07. The maximum atomic E-state index is 12.6. The fourth-order valence-corrected chi connectivity index (χ4v) is 2.67. The van der Waals surface area contributed by atoms with E-state index < -0.39 is 0 Å². The summed E-state index contributed by atoms with van der Waals surface area (Å²) in [6, 6.07) is 5.75. The van der Waals surface area contributed by atoms with Gasteiger partial charge in [-0.25, -0.2) is 0 Å². The maximum absolute atomic E-state index is 12.6. The molecule has 1 aliphatic carbocycles. The number of carbonyl (C=O) groups excluding carboxylic acids is 2. The SMILES string of the molecule is COc1ccc(C(C(=O)NCC(=O)NC2CC2)C(C)C)cc1OC. The Bertz CT molecular complexity index is 597. The molecule has 0 radical (unpaired) electrons. The topological polar surface area (TPSA) is 76.7 Å². The van der Waals surface area contributed by atoms with Crippen molar-refractivity contribution in [3.8, 4) is 11.5 Å². The van der Waals surface area contributed by atoms with Crippen LogP contribution < -0.4 is 20.1 Å². The van der Waals surface area contributed by atoms with Gasteiger partial charge in [0, 0.05) is 6.04 Å². The number of hydrogen-bond acceptors (Lipinski definition) is 4. The van der Waals surface area contributed by atoms with Gasteiger partial charge in [0.2, 0.25) is 11.8 Å². The molecule has 0 saturated heterocycles. The van der Waals surface area contributed by atoms with Crippen molar-refractivity contribution in [1.29, 1.82) is 0 Å². The lowest BCUT2D eigenvalue weighted by Gasteiger charge is -2.22. The molecule has 1 aromatic carbocycles. The van der Waals surface area contributed by atoms with Crippen molar-refractivity contribution in [3.05, 3.63) is 23.8 Å². The Morgan fingerprint density at radius 2 is 1.83 bits per heavy atom. The maximum Gasteiger partial charge on any atom is 0.239 e. The van der Waals surface area contributed by atoms with Gasteiger partial charge < -0.3 is 20.1 Å². The average molecular weight is 334 g/mol. The van der Waals surface area contributed by atoms with Crippen LogP contribution in [0.4, 0.5) is 0 Å². The zero-order chi connectivity index (χ0) is 17.7. The number of amides is 2. The molecule has 6 nitrogen and oxygen atoms in total. The molecular weight excluding hydrogens is 308 g/mol. The molecule has 1 aromatic rings. The van der Waals surface area contributed by atoms with E-state index in [1.165, 1.54) is 0 Å². The van der Waals surface area contributed by atoms with Gasteiger partial charge in [-0.15, -0.1) is 0 Å². The van der Waals surface area contributed by atoms with Crippen LogP contribution in [0.2, 0.25) is 0 Å². The second kappa shape index (κ2) is 8.04. The van der Waals surface area contributed by atoms with E-state index >= 15 is 0 Å². The first-order valence-corrected chi connectivity index (χ1v) is 8.25. The number of rotatable bonds is 8. The second-order valence-electron chi connectivity index (χ2n) is 6.40. The summed E-state index contributed by atoms with van der Waals surface area (Å²) in [4.78, 5) is 24.3. The number of carbonyl (C=O) groups is 2. The number of hydrogen-bond donors (Lipinski definition) is 2. The Morgan fingerprint density at radius 1 is 1.17 bits per heavy atom. The Kier molecular flexibility index (Phi) is 6.06. The summed E-state index contributed by atoms with van der Waals surface area (Å²) in [5.74, 6) is 0.616. The zero-order valence-electron chi connectivity index (χ0n) is 14.7. The summed E-state index contributed by atoms with van der Waals surface area (Å²) < 4.78 is 10.5. The number of benzene rings is 1. The predicted octanol–water partition coefficient (Wildman–Crippen LogP) is 1.84. The highest BCUT2D eigenvalue weighted by Gasteiger charge is 2.27. The van der Waals surface area contributed by atoms with Crippen LogP contribution in [0.3, 0.4) is 0 Å². The quantitative estimate of drug-likeness (QED) is 0.760. The lowest BCUT2D eigenvalue weighted by molar-refractivity contribution is -0.127. The van der Waals surface area contributed by atoms with Crippen LogP contribution in [0.15, 0.2) is 18.2 Å². The van der Waals surface area contributed by atoms with Crippen LogP contribution in [0.1, 0.15) is 38.2 Å². The first kappa shape index (κ1) is 18.1. The van der Waals surface area contributed by atoms with Crippen molar-refractivity contribution in [1.82, 2.24) is 10.6 Å². The highest BCUT2D eigenvalue weighted by atomic mass is 16.5. The second-order valence-corrected chi connectivity index (χ2v) is 6.40. The fourth-order valence-electron chi connectivity index (χ4n) is 2.67. The molecule has 2 N–H and O–H groups in total. The van der Waals surface area contributed by atoms with Crippen LogP contribution in [0, 0.1) is 5.92 Å². The highest BCUT2D eigenvalue weighted by Crippen LogP contribution is 2.33. The van der Waals surface area contributed by atoms with Gasteiger partial charge >= 0.3 is 0 Å². The molecule has 1 atom stereocenters. The van der Waals surface area contributed by atoms with Crippen LogP contribution in [0.25, 0.3) is 0 Å². The predicted molar refractivity (Wildman–Crippen MR) is 91.3 cm³/mol. The van der Waals surface area contributed by atoms with E-state index in [1.807, 2.05) is 26.0 Å². The first-order valence-electron chi connectivity index (χ1n) is 8.25. The summed E-state index contributed by atoms with van der Waals surface area (Å²) in [5, 5.41) is 5.60. The van der Waals surface area contributed by atoms with Gasteiger partial charge in [0.1, 0.15) is 0 Å². The summed E-state index contributed by atoms with van der Waals surface area (Å²) >= 11 is 0. The monoisotopic (exact) mass is 334 g/mol. The lowest BCUT2D eigenvalue weighted by atomic mass is 9.87. The van der Waals surface area contributed by atoms with Gasteiger partial charge in [-0.1, -0.05) is 19.9 Å². The molecule has 0 heterocycles. The van der Waals surface area contributed by atoms with Gasteiger partial charge in [0.05, 0.1) is 26.7 Å². The van der Waals surface area contributed by atoms with Crippen molar-refractivity contribution in [2.24, 2.45) is 5.92 Å². The smallest absolute Gasteiger partial charge is 0.239 e. The van der Waals surface area contributed by atoms with Gasteiger partial charge in [0.25, 0.3) is 0 Å². The molecule has 1 fully saturated rings. The first-order chi connectivity index (χ1) is 11.5. The Hall–Kier alpha value is -2.24. The van der Waals surface area contributed by atoms with Crippen molar-refractivity contribution >= 4 is 11.8 Å². The van der Waals surface area contributed by atoms with Crippen LogP contribution >= 0.6 is 0 Å². The van der Waals surface area contributed by atoms with Crippen molar-refractivity contribution in [2.45, 2.75) is 38.6 Å². The third-order valence-corrected chi connectivity index (χ3v) is 4.08. The minimum absolute atomic E-state index is 0.00580. The minimum Gasteiger partial charge on any atom is -0.493 e. The van der Waals surface area contributed by atoms with Gasteiger partial charge in [0.15, 0.2) is 11.5 Å². The molecule has 1 aliphatic rings. The molecule has 0 aliphatic heterocycles. The summed E-state index contributed by atoms with van der Waals surface area (Å²) in [7, 11) is 3.14. The van der Waals surface area contributed by atoms with Crippen molar-refractivity contribution < 1.29 is 19.1 Å². The standard InChI is InChI=1S/C18H26N2O4/c1-11(2)17(12-5-8-14(23-3)15(9-12)24-4)18(22)19-10-16(21)20-13-6-7-13/h5,8-9,11,13,17H,6-7,10H2,1-4H3,(H,19,22)(H,20,21). The Morgan fingerprint density at radius 3 is 2.38 bits per heavy atom. The Labute approximate surface area is 142 Å². The molecule has 0 aromatic heterocycles. The summed E-state index contributed by atoms with van der Waals surface area (Å²) in [5.41, 5.74) is 0.836. The molecule has 24 heavy (non-hydrogen) atoms. The van der Waals surface area contributed by atoms with E-state index in [4.69, 9.17) is 9.47 Å². The van der Waals surface area contributed by atoms with Crippen LogP contribution in [-0.2, 0) is 9.59 Å². The van der Waals surface area contributed by atoms with Gasteiger partial charge in [-0.3, -0.25) is 9.59 Å². The highest BCUT2D eigenvalue weighted by molar-refractivity contribution is 5.89. The van der Waals surface area contributed by atoms with E-state index in [0.717, 1.165) is 18.4 Å². The van der Waals surface area contributed by atoms with Crippen molar-refractivity contribution in [2.75, 3.05) is 20.8 Å². The molecule has 6 heteroatoms. The summed E-state index contributed by atoms with van der Waals surface area (Å²) in [6.07, 6.45) is 2.06. The zero-order valence-corrected chi connectivity index (χ0v) is 14.7. The fraction of sp³-hybridized carbons (Fsp3) is 0.556. The lowest BCUT2D eigenvalue weighted by Crippen LogP contribution is -2.40. The largest absolute Gasteiger partial charge is 0.493 e. The molecule has 0 bridgehead atoms. The number of ether oxygens (including phenoxy) is 2. The third kappa shape index (κ3) is 4.63. The molecule has 1 saturated carbocycles. The van der Waals surface area contributed by atoms with Gasteiger partial charge in [-0.05, 0) is 36.5 Å². The van der Waals surface area contributed by atoms with Crippen LogP contribution in [0.5, 0.6) is 11.5 Å². The molecule has 1 unspecified atom stereocenters. The summed E-state index contributed by atoms with van der Waals surface area (Å²) in [6.45, 7) is 3.96. The van der Waals surface area contributed by atoms with E-state index in [9.17, 15) is 9.59 Å². The van der Waals surface area contributed by atoms with Gasteiger partial charge in [-0.2, -0.15) is 0 Å². The van der Waals surface area contributed by atoms with E-state index in [-0.39, 0.29) is 30.2 Å². The normalized spacial score (nSPS) is 14.9. The third-order valence-electron chi connectivity index (χ3n) is 4.08. The van der Waals surface area contributed by atoms with Crippen LogP contribution in [-0.4, -0.2) is 38.6 Å². The molecule has 0 spiro atoms. The molecule has 2 amide bonds. The average Bonchev–Trinajstić information content (AvgIpc) is 3.36. The minimum atomic E-state index is -0.362. The van der Waals surface area contributed by atoms with Crippen molar-refractivity contribution in [3.63, 3.8) is 0 Å². The molecule has 132 valence electrons. The van der Waals surface area contributed by atoms with E-state index in [2.05, 4.69) is 10.6 Å². The molecular formula is C18H26N2O4. The number of nitrogens with one attached hydrogen (secondary N) is 2. The molecule has 2 rings (SSSR count). The number of methoxy groups -OCH3 is 2. The van der Waals surface area contributed by atoms with E-state index in [1.54, 1.807) is 20.3 Å². The van der Waals surface area contributed by atoms with E-state index in [0.29, 0.717) is 17.5 Å².